The number of hydrogen-bond donors (Lipinski definition) is 2. The maximum absolute atomic E-state index is 13.2. The van der Waals surface area contributed by atoms with Crippen LogP contribution in [0.25, 0.3) is 22.2 Å². The second-order valence-corrected chi connectivity index (χ2v) is 8.76. The van der Waals surface area contributed by atoms with E-state index in [1.165, 1.54) is 11.8 Å². The summed E-state index contributed by atoms with van der Waals surface area (Å²) in [5, 5.41) is 3.55. The summed E-state index contributed by atoms with van der Waals surface area (Å²) in [7, 11) is 0. The molecule has 0 spiro atoms. The number of hydrogen-bond acceptors (Lipinski definition) is 5. The van der Waals surface area contributed by atoms with Gasteiger partial charge in [0.2, 0.25) is 5.91 Å². The summed E-state index contributed by atoms with van der Waals surface area (Å²) in [5.41, 5.74) is 3.02. The molecule has 0 radical (unpaired) electrons. The fraction of sp³-hybridized carbons (Fsp3) is 0.409. The largest absolute Gasteiger partial charge is 0.376 e. The molecular formula is C22H24N4O3S. The minimum atomic E-state index is -0.0652. The van der Waals surface area contributed by atoms with Crippen LogP contribution in [0, 0.1) is 0 Å². The van der Waals surface area contributed by atoms with Gasteiger partial charge in [0.15, 0.2) is 5.16 Å². The lowest BCUT2D eigenvalue weighted by molar-refractivity contribution is -0.119. The third-order valence-corrected chi connectivity index (χ3v) is 6.53. The minimum absolute atomic E-state index is 0.0630. The van der Waals surface area contributed by atoms with E-state index in [2.05, 4.69) is 10.3 Å². The van der Waals surface area contributed by atoms with Crippen LogP contribution >= 0.6 is 11.8 Å². The number of carbonyl (C=O) groups excluding carboxylic acids is 1. The second kappa shape index (κ2) is 8.28. The van der Waals surface area contributed by atoms with Crippen molar-refractivity contribution in [3.05, 3.63) is 46.9 Å². The third-order valence-electron chi connectivity index (χ3n) is 5.58. The van der Waals surface area contributed by atoms with Crippen LogP contribution in [0.2, 0.25) is 0 Å². The number of aromatic nitrogens is 3. The van der Waals surface area contributed by atoms with Gasteiger partial charge in [0.05, 0.1) is 11.9 Å². The van der Waals surface area contributed by atoms with Gasteiger partial charge < -0.3 is 15.0 Å². The van der Waals surface area contributed by atoms with Crippen LogP contribution in [0.1, 0.15) is 31.7 Å². The molecule has 2 N–H and O–H groups in total. The third kappa shape index (κ3) is 3.89. The minimum Gasteiger partial charge on any atom is -0.376 e. The number of aromatic amines is 1. The highest BCUT2D eigenvalue weighted by atomic mass is 32.2. The molecule has 1 saturated carbocycles. The number of rotatable bonds is 7. The Labute approximate surface area is 178 Å². The molecule has 1 atom stereocenters. The van der Waals surface area contributed by atoms with E-state index in [1.807, 2.05) is 36.5 Å². The van der Waals surface area contributed by atoms with Gasteiger partial charge in [-0.3, -0.25) is 14.2 Å². The Bertz CT molecular complexity index is 1110. The molecule has 1 saturated heterocycles. The van der Waals surface area contributed by atoms with Crippen molar-refractivity contribution in [3.8, 4) is 11.1 Å². The lowest BCUT2D eigenvalue weighted by Crippen LogP contribution is -2.33. The Balaban J connectivity index is 1.41. The zero-order valence-electron chi connectivity index (χ0n) is 16.6. The molecule has 0 unspecified atom stereocenters. The van der Waals surface area contributed by atoms with Crippen LogP contribution in [0.5, 0.6) is 0 Å². The molecule has 0 bridgehead atoms. The van der Waals surface area contributed by atoms with E-state index < -0.39 is 0 Å². The van der Waals surface area contributed by atoms with Crippen molar-refractivity contribution in [2.75, 3.05) is 18.9 Å². The van der Waals surface area contributed by atoms with Crippen molar-refractivity contribution in [1.29, 1.82) is 0 Å². The van der Waals surface area contributed by atoms with Crippen molar-refractivity contribution in [1.82, 2.24) is 19.9 Å². The van der Waals surface area contributed by atoms with Crippen LogP contribution in [-0.2, 0) is 9.53 Å². The van der Waals surface area contributed by atoms with Crippen LogP contribution in [0.4, 0.5) is 0 Å². The van der Waals surface area contributed by atoms with Gasteiger partial charge in [-0.1, -0.05) is 42.1 Å². The number of thioether (sulfide) groups is 1. The highest BCUT2D eigenvalue weighted by Gasteiger charge is 2.30. The lowest BCUT2D eigenvalue weighted by atomic mass is 10.1. The van der Waals surface area contributed by atoms with E-state index in [0.717, 1.165) is 43.4 Å². The quantitative estimate of drug-likeness (QED) is 0.449. The molecule has 7 nitrogen and oxygen atoms in total. The Morgan fingerprint density at radius 1 is 1.27 bits per heavy atom. The first kappa shape index (κ1) is 19.4. The normalized spacial score (nSPS) is 18.7. The van der Waals surface area contributed by atoms with Gasteiger partial charge in [-0.25, -0.2) is 4.98 Å². The van der Waals surface area contributed by atoms with Crippen molar-refractivity contribution in [3.63, 3.8) is 0 Å². The fourth-order valence-corrected chi connectivity index (χ4v) is 4.75. The molecule has 3 heterocycles. The highest BCUT2D eigenvalue weighted by molar-refractivity contribution is 7.99. The van der Waals surface area contributed by atoms with E-state index >= 15 is 0 Å². The van der Waals surface area contributed by atoms with Crippen molar-refractivity contribution < 1.29 is 9.53 Å². The number of fused-ring (bicyclic) bond motifs is 1. The van der Waals surface area contributed by atoms with E-state index in [4.69, 9.17) is 9.72 Å². The predicted molar refractivity (Wildman–Crippen MR) is 117 cm³/mol. The Morgan fingerprint density at radius 2 is 2.10 bits per heavy atom. The summed E-state index contributed by atoms with van der Waals surface area (Å²) in [4.78, 5) is 33.5. The fourth-order valence-electron chi connectivity index (χ4n) is 3.86. The maximum Gasteiger partial charge on any atom is 0.278 e. The summed E-state index contributed by atoms with van der Waals surface area (Å²) >= 11 is 1.33. The zero-order chi connectivity index (χ0) is 20.5. The average Bonchev–Trinajstić information content (AvgIpc) is 3.28. The first-order valence-corrected chi connectivity index (χ1v) is 11.4. The van der Waals surface area contributed by atoms with Gasteiger partial charge in [-0.15, -0.1) is 0 Å². The number of carbonyl (C=O) groups is 1. The molecule has 5 rings (SSSR count). The number of benzene rings is 1. The number of nitrogens with one attached hydrogen (secondary N) is 2. The first-order chi connectivity index (χ1) is 14.7. The predicted octanol–water partition coefficient (Wildman–Crippen LogP) is 3.11. The molecule has 8 heteroatoms. The highest BCUT2D eigenvalue weighted by Crippen LogP contribution is 2.37. The van der Waals surface area contributed by atoms with Gasteiger partial charge in [-0.05, 0) is 31.2 Å². The monoisotopic (exact) mass is 424 g/mol. The molecule has 30 heavy (non-hydrogen) atoms. The molecule has 156 valence electrons. The van der Waals surface area contributed by atoms with Crippen LogP contribution in [0.15, 0.2) is 46.5 Å². The van der Waals surface area contributed by atoms with Gasteiger partial charge in [-0.2, -0.15) is 0 Å². The SMILES string of the molecule is O=C(CSc1nc2c(-c3ccccc3)c[nH]c2c(=O)n1C1CC1)NC[C@@H]1CCCO1. The van der Waals surface area contributed by atoms with E-state index in [9.17, 15) is 9.59 Å². The number of H-pyrrole nitrogens is 1. The summed E-state index contributed by atoms with van der Waals surface area (Å²) in [5.74, 6) is 0.159. The maximum atomic E-state index is 13.2. The molecule has 1 aromatic carbocycles. The topological polar surface area (TPSA) is 89.0 Å². The molecule has 1 amide bonds. The smallest absolute Gasteiger partial charge is 0.278 e. The van der Waals surface area contributed by atoms with E-state index in [0.29, 0.717) is 22.7 Å². The van der Waals surface area contributed by atoms with Gasteiger partial charge in [0.1, 0.15) is 11.0 Å². The molecule has 2 fully saturated rings. The van der Waals surface area contributed by atoms with Crippen molar-refractivity contribution in [2.45, 2.75) is 43.0 Å². The number of nitrogens with zero attached hydrogens (tertiary/aromatic N) is 2. The average molecular weight is 425 g/mol. The van der Waals surface area contributed by atoms with Crippen LogP contribution in [-0.4, -0.2) is 45.5 Å². The van der Waals surface area contributed by atoms with Gasteiger partial charge >= 0.3 is 0 Å². The van der Waals surface area contributed by atoms with Crippen molar-refractivity contribution in [2.24, 2.45) is 0 Å². The van der Waals surface area contributed by atoms with E-state index in [1.54, 1.807) is 4.57 Å². The van der Waals surface area contributed by atoms with Crippen molar-refractivity contribution >= 4 is 28.7 Å². The summed E-state index contributed by atoms with van der Waals surface area (Å²) in [6.45, 7) is 1.31. The standard InChI is InChI=1S/C22H24N4O3S/c27-18(23-11-16-7-4-10-29-16)13-30-22-25-19-17(14-5-2-1-3-6-14)12-24-20(19)21(28)26(22)15-8-9-15/h1-3,5-6,12,15-16,24H,4,7-11,13H2,(H,23,27)/t16-/m0/s1. The van der Waals surface area contributed by atoms with Gasteiger partial charge in [0, 0.05) is 31.0 Å². The molecule has 1 aliphatic carbocycles. The van der Waals surface area contributed by atoms with Crippen LogP contribution < -0.4 is 10.9 Å². The second-order valence-electron chi connectivity index (χ2n) is 7.82. The number of ether oxygens (including phenoxy) is 1. The summed E-state index contributed by atoms with van der Waals surface area (Å²) in [6.07, 6.45) is 5.94. The lowest BCUT2D eigenvalue weighted by Gasteiger charge is -2.13. The number of amides is 1. The summed E-state index contributed by atoms with van der Waals surface area (Å²) < 4.78 is 7.31. The molecule has 2 aromatic heterocycles. The Morgan fingerprint density at radius 3 is 2.83 bits per heavy atom. The zero-order valence-corrected chi connectivity index (χ0v) is 17.4. The Kier molecular flexibility index (Phi) is 5.35. The molecule has 2 aliphatic rings. The molecule has 3 aromatic rings. The van der Waals surface area contributed by atoms with E-state index in [-0.39, 0.29) is 29.4 Å². The molecule has 1 aliphatic heterocycles. The summed E-state index contributed by atoms with van der Waals surface area (Å²) in [6, 6.07) is 10.1. The van der Waals surface area contributed by atoms with Gasteiger partial charge in [0.25, 0.3) is 5.56 Å². The Hall–Kier alpha value is -2.58. The van der Waals surface area contributed by atoms with Crippen LogP contribution in [0.3, 0.4) is 0 Å². The molecular weight excluding hydrogens is 400 g/mol. The first-order valence-electron chi connectivity index (χ1n) is 10.4.